The Morgan fingerprint density at radius 1 is 1.40 bits per heavy atom. The van der Waals surface area contributed by atoms with E-state index in [0.29, 0.717) is 10.7 Å². The standard InChI is InChI=1S/C8H9F2N3O2/c9-7(10)15-12-8(14)13(11)6-4-2-1-3-5-6/h1-5,7H,11H2,(H,12,14). The van der Waals surface area contributed by atoms with Crippen LogP contribution in [0.25, 0.3) is 0 Å². The lowest BCUT2D eigenvalue weighted by molar-refractivity contribution is -0.159. The van der Waals surface area contributed by atoms with Gasteiger partial charge in [-0.1, -0.05) is 18.2 Å². The van der Waals surface area contributed by atoms with Crippen LogP contribution in [0.5, 0.6) is 0 Å². The molecule has 5 nitrogen and oxygen atoms in total. The van der Waals surface area contributed by atoms with Crippen LogP contribution in [0.1, 0.15) is 0 Å². The van der Waals surface area contributed by atoms with E-state index in [4.69, 9.17) is 5.84 Å². The summed E-state index contributed by atoms with van der Waals surface area (Å²) in [6.07, 6.45) is 0. The summed E-state index contributed by atoms with van der Waals surface area (Å²) in [6, 6.07) is 7.13. The van der Waals surface area contributed by atoms with Crippen molar-refractivity contribution in [3.05, 3.63) is 30.3 Å². The average Bonchev–Trinajstić information content (AvgIpc) is 2.26. The fourth-order valence-corrected chi connectivity index (χ4v) is 0.850. The lowest BCUT2D eigenvalue weighted by Crippen LogP contribution is -2.45. The number of urea groups is 1. The summed E-state index contributed by atoms with van der Waals surface area (Å²) in [6.45, 7) is -3.09. The first-order valence-corrected chi connectivity index (χ1v) is 3.95. The number of hydrogen-bond acceptors (Lipinski definition) is 3. The number of carbonyl (C=O) groups is 1. The third kappa shape index (κ3) is 3.49. The largest absolute Gasteiger partial charge is 0.364 e. The van der Waals surface area contributed by atoms with Crippen molar-refractivity contribution in [1.82, 2.24) is 5.48 Å². The first-order chi connectivity index (χ1) is 7.11. The van der Waals surface area contributed by atoms with Gasteiger partial charge in [0.15, 0.2) is 0 Å². The molecular weight excluding hydrogens is 208 g/mol. The summed E-state index contributed by atoms with van der Waals surface area (Å²) < 4.78 is 23.1. The van der Waals surface area contributed by atoms with Crippen LogP contribution in [-0.4, -0.2) is 12.6 Å². The fourth-order valence-electron chi connectivity index (χ4n) is 0.850. The highest BCUT2D eigenvalue weighted by molar-refractivity contribution is 5.89. The predicted molar refractivity (Wildman–Crippen MR) is 48.7 cm³/mol. The fraction of sp³-hybridized carbons (Fsp3) is 0.125. The number of nitrogens with two attached hydrogens (primary N) is 1. The van der Waals surface area contributed by atoms with E-state index >= 15 is 0 Å². The van der Waals surface area contributed by atoms with Gasteiger partial charge in [0.25, 0.3) is 0 Å². The average molecular weight is 217 g/mol. The second-order valence-corrected chi connectivity index (χ2v) is 2.49. The Hall–Kier alpha value is -1.73. The Labute approximate surface area is 84.3 Å². The molecule has 2 amide bonds. The third-order valence-electron chi connectivity index (χ3n) is 1.49. The van der Waals surface area contributed by atoms with Gasteiger partial charge in [-0.3, -0.25) is 0 Å². The number of hydroxylamine groups is 1. The van der Waals surface area contributed by atoms with Crippen LogP contribution in [0, 0.1) is 0 Å². The Bertz CT molecular complexity index is 321. The van der Waals surface area contributed by atoms with Crippen LogP contribution in [0.15, 0.2) is 30.3 Å². The number of anilines is 1. The van der Waals surface area contributed by atoms with Crippen molar-refractivity contribution in [1.29, 1.82) is 0 Å². The van der Waals surface area contributed by atoms with Gasteiger partial charge in [0.1, 0.15) is 0 Å². The molecule has 82 valence electrons. The van der Waals surface area contributed by atoms with Crippen LogP contribution in [0.2, 0.25) is 0 Å². The summed E-state index contributed by atoms with van der Waals surface area (Å²) in [5.41, 5.74) is 1.85. The second-order valence-electron chi connectivity index (χ2n) is 2.49. The van der Waals surface area contributed by atoms with Crippen molar-refractivity contribution in [2.24, 2.45) is 5.84 Å². The zero-order valence-corrected chi connectivity index (χ0v) is 7.56. The van der Waals surface area contributed by atoms with E-state index in [1.165, 1.54) is 5.48 Å². The van der Waals surface area contributed by atoms with E-state index in [9.17, 15) is 13.6 Å². The van der Waals surface area contributed by atoms with Gasteiger partial charge < -0.3 is 0 Å². The number of benzene rings is 1. The first-order valence-electron chi connectivity index (χ1n) is 3.95. The molecule has 0 radical (unpaired) electrons. The van der Waals surface area contributed by atoms with Crippen molar-refractivity contribution in [2.75, 3.05) is 5.01 Å². The van der Waals surface area contributed by atoms with E-state index in [0.717, 1.165) is 0 Å². The molecule has 1 aromatic carbocycles. The topological polar surface area (TPSA) is 67.6 Å². The summed E-state index contributed by atoms with van der Waals surface area (Å²) in [5.74, 6) is 5.32. The van der Waals surface area contributed by atoms with Crippen LogP contribution >= 0.6 is 0 Å². The Morgan fingerprint density at radius 3 is 2.53 bits per heavy atom. The first kappa shape index (κ1) is 11.3. The molecule has 7 heteroatoms. The van der Waals surface area contributed by atoms with Gasteiger partial charge in [-0.25, -0.2) is 26.0 Å². The number of nitrogens with one attached hydrogen (secondary N) is 1. The molecule has 15 heavy (non-hydrogen) atoms. The van der Waals surface area contributed by atoms with E-state index in [1.54, 1.807) is 30.3 Å². The van der Waals surface area contributed by atoms with Gasteiger partial charge in [-0.15, -0.1) is 0 Å². The monoisotopic (exact) mass is 217 g/mol. The molecule has 0 atom stereocenters. The predicted octanol–water partition coefficient (Wildman–Crippen LogP) is 1.23. The maximum Gasteiger partial charge on any atom is 0.364 e. The molecule has 1 rings (SSSR count). The number of para-hydroxylation sites is 1. The van der Waals surface area contributed by atoms with Gasteiger partial charge in [-0.05, 0) is 12.1 Å². The van der Waals surface area contributed by atoms with Crippen molar-refractivity contribution in [3.8, 4) is 0 Å². The van der Waals surface area contributed by atoms with Crippen molar-refractivity contribution in [2.45, 2.75) is 6.61 Å². The lowest BCUT2D eigenvalue weighted by Gasteiger charge is -2.16. The highest BCUT2D eigenvalue weighted by Crippen LogP contribution is 2.08. The highest BCUT2D eigenvalue weighted by atomic mass is 19.3. The van der Waals surface area contributed by atoms with Crippen molar-refractivity contribution in [3.63, 3.8) is 0 Å². The highest BCUT2D eigenvalue weighted by Gasteiger charge is 2.13. The molecule has 0 spiro atoms. The Balaban J connectivity index is 2.54. The van der Waals surface area contributed by atoms with Crippen LogP contribution in [-0.2, 0) is 4.84 Å². The molecule has 1 aromatic rings. The molecule has 0 aliphatic rings. The number of rotatable bonds is 3. The van der Waals surface area contributed by atoms with Gasteiger partial charge in [-0.2, -0.15) is 8.78 Å². The molecule has 0 saturated heterocycles. The molecule has 0 unspecified atom stereocenters. The molecule has 0 aliphatic carbocycles. The van der Waals surface area contributed by atoms with E-state index in [-0.39, 0.29) is 0 Å². The zero-order chi connectivity index (χ0) is 11.3. The van der Waals surface area contributed by atoms with Gasteiger partial charge in [0.2, 0.25) is 0 Å². The normalized spacial score (nSPS) is 10.1. The van der Waals surface area contributed by atoms with E-state index in [1.807, 2.05) is 0 Å². The summed E-state index contributed by atoms with van der Waals surface area (Å²) in [5, 5.41) is 0.655. The summed E-state index contributed by atoms with van der Waals surface area (Å²) >= 11 is 0. The molecule has 0 bridgehead atoms. The molecular formula is C8H9F2N3O2. The minimum atomic E-state index is -3.09. The van der Waals surface area contributed by atoms with Crippen molar-refractivity contribution >= 4 is 11.7 Å². The van der Waals surface area contributed by atoms with Crippen LogP contribution in [0.4, 0.5) is 19.3 Å². The van der Waals surface area contributed by atoms with E-state index < -0.39 is 12.6 Å². The minimum Gasteiger partial charge on any atom is -0.244 e. The molecule has 0 heterocycles. The minimum absolute atomic E-state index is 0.355. The Morgan fingerprint density at radius 2 is 2.00 bits per heavy atom. The SMILES string of the molecule is NN(C(=O)NOC(F)F)c1ccccc1. The number of alkyl halides is 2. The quantitative estimate of drug-likeness (QED) is 0.454. The smallest absolute Gasteiger partial charge is 0.244 e. The summed E-state index contributed by atoms with van der Waals surface area (Å²) in [4.78, 5) is 14.7. The number of hydrazine groups is 1. The number of nitrogens with zero attached hydrogens (tertiary/aromatic N) is 1. The zero-order valence-electron chi connectivity index (χ0n) is 7.56. The van der Waals surface area contributed by atoms with Crippen LogP contribution in [0.3, 0.4) is 0 Å². The number of carbonyl (C=O) groups excluding carboxylic acids is 1. The second kappa shape index (κ2) is 5.23. The van der Waals surface area contributed by atoms with Gasteiger partial charge in [0.05, 0.1) is 5.69 Å². The van der Waals surface area contributed by atoms with Crippen molar-refractivity contribution < 1.29 is 18.4 Å². The molecule has 0 aliphatic heterocycles. The van der Waals surface area contributed by atoms with Crippen LogP contribution < -0.4 is 16.3 Å². The van der Waals surface area contributed by atoms with E-state index in [2.05, 4.69) is 4.84 Å². The van der Waals surface area contributed by atoms with Gasteiger partial charge in [0, 0.05) is 0 Å². The maximum absolute atomic E-state index is 11.6. The molecule has 0 saturated carbocycles. The number of amides is 2. The maximum atomic E-state index is 11.6. The molecule has 0 fully saturated rings. The lowest BCUT2D eigenvalue weighted by atomic mass is 10.3. The van der Waals surface area contributed by atoms with Gasteiger partial charge >= 0.3 is 12.6 Å². The molecule has 3 N–H and O–H groups in total. The number of halogens is 2. The Kier molecular flexibility index (Phi) is 3.95. The third-order valence-corrected chi connectivity index (χ3v) is 1.49. The summed E-state index contributed by atoms with van der Waals surface area (Å²) in [7, 11) is 0. The molecule has 0 aromatic heterocycles. The number of hydrogen-bond donors (Lipinski definition) is 2.